The number of nitrogens with two attached hydrogens (primary N) is 1. The molecule has 1 unspecified atom stereocenters. The first-order valence-corrected chi connectivity index (χ1v) is 6.16. The lowest BCUT2D eigenvalue weighted by Crippen LogP contribution is -2.13. The van der Waals surface area contributed by atoms with Gasteiger partial charge in [-0.3, -0.25) is 0 Å². The lowest BCUT2D eigenvalue weighted by Gasteiger charge is -2.13. The predicted molar refractivity (Wildman–Crippen MR) is 73.5 cm³/mol. The molecule has 0 saturated carbocycles. The Labute approximate surface area is 111 Å². The highest BCUT2D eigenvalue weighted by atomic mass is 35.5. The van der Waals surface area contributed by atoms with Gasteiger partial charge in [-0.2, -0.15) is 0 Å². The molecule has 0 aliphatic heterocycles. The van der Waals surface area contributed by atoms with Gasteiger partial charge in [0.15, 0.2) is 0 Å². The molecule has 1 atom stereocenters. The van der Waals surface area contributed by atoms with E-state index in [9.17, 15) is 0 Å². The number of hydrogen-bond donors (Lipinski definition) is 1. The summed E-state index contributed by atoms with van der Waals surface area (Å²) in [7, 11) is 0. The molecule has 2 aromatic carbocycles. The van der Waals surface area contributed by atoms with Gasteiger partial charge in [0.25, 0.3) is 0 Å². The van der Waals surface area contributed by atoms with Gasteiger partial charge in [0, 0.05) is 16.1 Å². The van der Waals surface area contributed by atoms with Gasteiger partial charge in [-0.15, -0.1) is 0 Å². The molecule has 0 aliphatic rings. The standard InChI is InChI=1S/C14H13Cl2N/c15-12-7-11(8-13(16)9-12)14(17)6-10-4-2-1-3-5-10/h1-5,7-9,14H,6,17H2. The van der Waals surface area contributed by atoms with Crippen molar-refractivity contribution in [3.8, 4) is 0 Å². The molecular weight excluding hydrogens is 253 g/mol. The average molecular weight is 266 g/mol. The molecule has 0 aliphatic carbocycles. The molecule has 1 nitrogen and oxygen atoms in total. The maximum atomic E-state index is 6.15. The molecule has 0 spiro atoms. The lowest BCUT2D eigenvalue weighted by atomic mass is 10.00. The van der Waals surface area contributed by atoms with Crippen molar-refractivity contribution in [1.29, 1.82) is 0 Å². The third-order valence-electron chi connectivity index (χ3n) is 2.61. The van der Waals surface area contributed by atoms with E-state index in [2.05, 4.69) is 12.1 Å². The fourth-order valence-corrected chi connectivity index (χ4v) is 2.32. The molecule has 88 valence electrons. The van der Waals surface area contributed by atoms with Crippen molar-refractivity contribution in [1.82, 2.24) is 0 Å². The number of benzene rings is 2. The molecule has 0 saturated heterocycles. The van der Waals surface area contributed by atoms with E-state index in [0.717, 1.165) is 12.0 Å². The first-order valence-electron chi connectivity index (χ1n) is 5.40. The summed E-state index contributed by atoms with van der Waals surface area (Å²) in [6.45, 7) is 0. The molecule has 2 aromatic rings. The van der Waals surface area contributed by atoms with Gasteiger partial charge in [-0.25, -0.2) is 0 Å². The monoisotopic (exact) mass is 265 g/mol. The average Bonchev–Trinajstić information content (AvgIpc) is 2.29. The van der Waals surface area contributed by atoms with Crippen LogP contribution < -0.4 is 5.73 Å². The van der Waals surface area contributed by atoms with Gasteiger partial charge in [0.1, 0.15) is 0 Å². The van der Waals surface area contributed by atoms with Crippen LogP contribution in [0.2, 0.25) is 10.0 Å². The fraction of sp³-hybridized carbons (Fsp3) is 0.143. The Morgan fingerprint density at radius 1 is 0.941 bits per heavy atom. The molecule has 0 heterocycles. The van der Waals surface area contributed by atoms with Crippen LogP contribution in [0, 0.1) is 0 Å². The molecule has 0 amide bonds. The van der Waals surface area contributed by atoms with Crippen molar-refractivity contribution in [3.63, 3.8) is 0 Å². The molecule has 0 fully saturated rings. The zero-order valence-electron chi connectivity index (χ0n) is 9.24. The smallest absolute Gasteiger partial charge is 0.0424 e. The van der Waals surface area contributed by atoms with Crippen LogP contribution in [0.5, 0.6) is 0 Å². The van der Waals surface area contributed by atoms with Crippen LogP contribution in [-0.2, 0) is 6.42 Å². The normalized spacial score (nSPS) is 12.4. The highest BCUT2D eigenvalue weighted by Crippen LogP contribution is 2.24. The summed E-state index contributed by atoms with van der Waals surface area (Å²) in [4.78, 5) is 0. The topological polar surface area (TPSA) is 26.0 Å². The Morgan fingerprint density at radius 2 is 1.53 bits per heavy atom. The maximum Gasteiger partial charge on any atom is 0.0424 e. The maximum absolute atomic E-state index is 6.15. The summed E-state index contributed by atoms with van der Waals surface area (Å²) in [6, 6.07) is 15.5. The molecule has 2 rings (SSSR count). The zero-order valence-corrected chi connectivity index (χ0v) is 10.7. The van der Waals surface area contributed by atoms with Crippen LogP contribution >= 0.6 is 23.2 Å². The summed E-state index contributed by atoms with van der Waals surface area (Å²) in [5.41, 5.74) is 8.32. The minimum absolute atomic E-state index is 0.0893. The second-order valence-corrected chi connectivity index (χ2v) is 4.87. The van der Waals surface area contributed by atoms with Crippen LogP contribution in [0.4, 0.5) is 0 Å². The van der Waals surface area contributed by atoms with E-state index in [1.807, 2.05) is 30.3 Å². The van der Waals surface area contributed by atoms with Crippen LogP contribution in [0.15, 0.2) is 48.5 Å². The van der Waals surface area contributed by atoms with E-state index < -0.39 is 0 Å². The Bertz CT molecular complexity index is 477. The second-order valence-electron chi connectivity index (χ2n) is 4.00. The van der Waals surface area contributed by atoms with Crippen molar-refractivity contribution in [2.24, 2.45) is 5.73 Å². The van der Waals surface area contributed by atoms with E-state index >= 15 is 0 Å². The van der Waals surface area contributed by atoms with Crippen LogP contribution in [-0.4, -0.2) is 0 Å². The van der Waals surface area contributed by atoms with Gasteiger partial charge in [0.2, 0.25) is 0 Å². The number of halogens is 2. The quantitative estimate of drug-likeness (QED) is 0.883. The third kappa shape index (κ3) is 3.47. The van der Waals surface area contributed by atoms with Crippen molar-refractivity contribution in [3.05, 3.63) is 69.7 Å². The Morgan fingerprint density at radius 3 is 2.12 bits per heavy atom. The van der Waals surface area contributed by atoms with E-state index in [0.29, 0.717) is 10.0 Å². The van der Waals surface area contributed by atoms with Gasteiger partial charge in [-0.05, 0) is 35.7 Å². The zero-order chi connectivity index (χ0) is 12.3. The van der Waals surface area contributed by atoms with Gasteiger partial charge in [-0.1, -0.05) is 53.5 Å². The lowest BCUT2D eigenvalue weighted by molar-refractivity contribution is 0.722. The van der Waals surface area contributed by atoms with Crippen molar-refractivity contribution >= 4 is 23.2 Å². The Balaban J connectivity index is 2.17. The summed E-state index contributed by atoms with van der Waals surface area (Å²) in [6.07, 6.45) is 0.775. The van der Waals surface area contributed by atoms with E-state index in [4.69, 9.17) is 28.9 Å². The second kappa shape index (κ2) is 5.54. The van der Waals surface area contributed by atoms with Gasteiger partial charge in [0.05, 0.1) is 0 Å². The highest BCUT2D eigenvalue weighted by molar-refractivity contribution is 6.34. The highest BCUT2D eigenvalue weighted by Gasteiger charge is 2.08. The summed E-state index contributed by atoms with van der Waals surface area (Å²) >= 11 is 11.9. The summed E-state index contributed by atoms with van der Waals surface area (Å²) < 4.78 is 0. The van der Waals surface area contributed by atoms with Crippen molar-refractivity contribution in [2.75, 3.05) is 0 Å². The SMILES string of the molecule is NC(Cc1ccccc1)c1cc(Cl)cc(Cl)c1. The Hall–Kier alpha value is -1.02. The molecule has 3 heteroatoms. The Kier molecular flexibility index (Phi) is 4.06. The van der Waals surface area contributed by atoms with Crippen molar-refractivity contribution < 1.29 is 0 Å². The van der Waals surface area contributed by atoms with Crippen LogP contribution in [0.1, 0.15) is 17.2 Å². The third-order valence-corrected chi connectivity index (χ3v) is 3.05. The molecule has 0 bridgehead atoms. The molecular formula is C14H13Cl2N. The van der Waals surface area contributed by atoms with Gasteiger partial charge < -0.3 is 5.73 Å². The fourth-order valence-electron chi connectivity index (χ4n) is 1.78. The first-order chi connectivity index (χ1) is 8.15. The first kappa shape index (κ1) is 12.4. The van der Waals surface area contributed by atoms with Crippen LogP contribution in [0.3, 0.4) is 0 Å². The molecule has 0 aromatic heterocycles. The number of hydrogen-bond acceptors (Lipinski definition) is 1. The van der Waals surface area contributed by atoms with Crippen molar-refractivity contribution in [2.45, 2.75) is 12.5 Å². The van der Waals surface area contributed by atoms with E-state index in [-0.39, 0.29) is 6.04 Å². The summed E-state index contributed by atoms with van der Waals surface area (Å²) in [5.74, 6) is 0. The minimum Gasteiger partial charge on any atom is -0.324 e. The van der Waals surface area contributed by atoms with E-state index in [1.54, 1.807) is 6.07 Å². The largest absolute Gasteiger partial charge is 0.324 e. The van der Waals surface area contributed by atoms with Crippen LogP contribution in [0.25, 0.3) is 0 Å². The van der Waals surface area contributed by atoms with E-state index in [1.165, 1.54) is 5.56 Å². The summed E-state index contributed by atoms with van der Waals surface area (Å²) in [5, 5.41) is 1.24. The number of rotatable bonds is 3. The van der Waals surface area contributed by atoms with Gasteiger partial charge >= 0.3 is 0 Å². The predicted octanol–water partition coefficient (Wildman–Crippen LogP) is 4.24. The minimum atomic E-state index is -0.0893. The molecule has 0 radical (unpaired) electrons. The molecule has 2 N–H and O–H groups in total. The molecule has 17 heavy (non-hydrogen) atoms.